The second-order valence-corrected chi connectivity index (χ2v) is 3.86. The molecule has 1 N–H and O–H groups in total. The van der Waals surface area contributed by atoms with Gasteiger partial charge in [-0.15, -0.1) is 0 Å². The van der Waals surface area contributed by atoms with Gasteiger partial charge < -0.3 is 5.11 Å². The van der Waals surface area contributed by atoms with Gasteiger partial charge in [-0.3, -0.25) is 4.68 Å². The highest BCUT2D eigenvalue weighted by Gasteiger charge is 2.40. The van der Waals surface area contributed by atoms with E-state index < -0.39 is 0 Å². The summed E-state index contributed by atoms with van der Waals surface area (Å²) in [6, 6.07) is 2.05. The van der Waals surface area contributed by atoms with Gasteiger partial charge in [0.15, 0.2) is 0 Å². The molecule has 2 rings (SSSR count). The van der Waals surface area contributed by atoms with Gasteiger partial charge in [0.1, 0.15) is 0 Å². The summed E-state index contributed by atoms with van der Waals surface area (Å²) in [6.07, 6.45) is 3.69. The van der Waals surface area contributed by atoms with Crippen LogP contribution < -0.4 is 0 Å². The van der Waals surface area contributed by atoms with E-state index in [0.29, 0.717) is 11.8 Å². The summed E-state index contributed by atoms with van der Waals surface area (Å²) in [5, 5.41) is 13.7. The van der Waals surface area contributed by atoms with Crippen LogP contribution in [0, 0.1) is 5.92 Å². The number of hydrogen-bond acceptors (Lipinski definition) is 2. The molecule has 0 saturated heterocycles. The van der Waals surface area contributed by atoms with E-state index in [9.17, 15) is 5.11 Å². The number of hydrogen-bond donors (Lipinski definition) is 1. The Morgan fingerprint density at radius 2 is 2.46 bits per heavy atom. The molecule has 3 atom stereocenters. The average Bonchev–Trinajstić information content (AvgIpc) is 2.48. The predicted octanol–water partition coefficient (Wildman–Crippen LogP) is 1.29. The van der Waals surface area contributed by atoms with Gasteiger partial charge in [0, 0.05) is 24.9 Å². The topological polar surface area (TPSA) is 38.1 Å². The van der Waals surface area contributed by atoms with Gasteiger partial charge in [-0.1, -0.05) is 13.3 Å². The Balaban J connectivity index is 2.15. The first-order valence-electron chi connectivity index (χ1n) is 4.90. The summed E-state index contributed by atoms with van der Waals surface area (Å²) < 4.78 is 1.92. The molecule has 0 amide bonds. The molecule has 1 aromatic heterocycles. The maximum absolute atomic E-state index is 9.54. The van der Waals surface area contributed by atoms with Gasteiger partial charge >= 0.3 is 0 Å². The highest BCUT2D eigenvalue weighted by atomic mass is 16.3. The first-order chi connectivity index (χ1) is 6.24. The summed E-state index contributed by atoms with van der Waals surface area (Å²) in [5.41, 5.74) is 1.26. The maximum Gasteiger partial charge on any atom is 0.0581 e. The lowest BCUT2D eigenvalue weighted by Crippen LogP contribution is -2.39. The van der Waals surface area contributed by atoms with Crippen molar-refractivity contribution in [2.45, 2.75) is 31.8 Å². The molecule has 0 aliphatic heterocycles. The van der Waals surface area contributed by atoms with Crippen molar-refractivity contribution in [3.63, 3.8) is 0 Å². The van der Waals surface area contributed by atoms with E-state index in [-0.39, 0.29) is 6.10 Å². The van der Waals surface area contributed by atoms with Gasteiger partial charge in [0.2, 0.25) is 0 Å². The molecular weight excluding hydrogens is 164 g/mol. The van der Waals surface area contributed by atoms with E-state index in [1.165, 1.54) is 5.69 Å². The zero-order valence-electron chi connectivity index (χ0n) is 8.14. The first-order valence-corrected chi connectivity index (χ1v) is 4.90. The molecular formula is C10H16N2O. The number of aliphatic hydroxyl groups is 1. The quantitative estimate of drug-likeness (QED) is 0.744. The molecule has 3 unspecified atom stereocenters. The maximum atomic E-state index is 9.54. The Morgan fingerprint density at radius 3 is 2.92 bits per heavy atom. The molecule has 1 aromatic rings. The summed E-state index contributed by atoms with van der Waals surface area (Å²) >= 11 is 0. The number of nitrogens with zero attached hydrogens (tertiary/aromatic N) is 2. The largest absolute Gasteiger partial charge is 0.393 e. The summed E-state index contributed by atoms with van der Waals surface area (Å²) in [7, 11) is 1.97. The minimum absolute atomic E-state index is 0.0927. The molecule has 3 heteroatoms. The van der Waals surface area contributed by atoms with Crippen molar-refractivity contribution < 1.29 is 5.11 Å². The zero-order valence-corrected chi connectivity index (χ0v) is 8.14. The fourth-order valence-electron chi connectivity index (χ4n) is 2.33. The first kappa shape index (κ1) is 8.75. The number of aromatic nitrogens is 2. The molecule has 0 spiro atoms. The summed E-state index contributed by atoms with van der Waals surface area (Å²) in [4.78, 5) is 0. The lowest BCUT2D eigenvalue weighted by molar-refractivity contribution is -0.00334. The molecule has 3 nitrogen and oxygen atoms in total. The van der Waals surface area contributed by atoms with Crippen molar-refractivity contribution >= 4 is 0 Å². The number of aryl methyl sites for hydroxylation is 1. The van der Waals surface area contributed by atoms with Crippen molar-refractivity contribution in [2.24, 2.45) is 13.0 Å². The molecule has 1 aliphatic carbocycles. The predicted molar refractivity (Wildman–Crippen MR) is 50.4 cm³/mol. The Labute approximate surface area is 78.4 Å². The Hall–Kier alpha value is -0.830. The van der Waals surface area contributed by atoms with Gasteiger partial charge in [0.25, 0.3) is 0 Å². The van der Waals surface area contributed by atoms with Crippen LogP contribution in [0.15, 0.2) is 12.3 Å². The van der Waals surface area contributed by atoms with E-state index in [2.05, 4.69) is 18.1 Å². The lowest BCUT2D eigenvalue weighted by Gasteiger charge is -2.41. The molecule has 1 saturated carbocycles. The van der Waals surface area contributed by atoms with Gasteiger partial charge in [-0.05, 0) is 18.4 Å². The summed E-state index contributed by atoms with van der Waals surface area (Å²) in [6.45, 7) is 2.14. The lowest BCUT2D eigenvalue weighted by atomic mass is 9.68. The van der Waals surface area contributed by atoms with Crippen LogP contribution in [-0.4, -0.2) is 21.0 Å². The van der Waals surface area contributed by atoms with E-state index in [1.807, 2.05) is 17.9 Å². The third-order valence-electron chi connectivity index (χ3n) is 3.22. The SMILES string of the molecule is CCC1C(O)CC1c1ccnn1C. The zero-order chi connectivity index (χ0) is 9.42. The van der Waals surface area contributed by atoms with Crippen molar-refractivity contribution in [3.8, 4) is 0 Å². The van der Waals surface area contributed by atoms with Gasteiger partial charge in [0.05, 0.1) is 6.10 Å². The molecule has 0 bridgehead atoms. The Morgan fingerprint density at radius 1 is 1.69 bits per heavy atom. The molecule has 72 valence electrons. The van der Waals surface area contributed by atoms with Crippen LogP contribution in [0.4, 0.5) is 0 Å². The van der Waals surface area contributed by atoms with Crippen molar-refractivity contribution in [3.05, 3.63) is 18.0 Å². The standard InChI is InChI=1S/C10H16N2O/c1-3-7-8(6-10(7)13)9-4-5-11-12(9)2/h4-5,7-8,10,13H,3,6H2,1-2H3. The Bertz CT molecular complexity index is 295. The molecule has 1 heterocycles. The molecule has 1 fully saturated rings. The molecule has 0 radical (unpaired) electrons. The fourth-order valence-corrected chi connectivity index (χ4v) is 2.33. The minimum Gasteiger partial charge on any atom is -0.393 e. The average molecular weight is 180 g/mol. The van der Waals surface area contributed by atoms with E-state index >= 15 is 0 Å². The number of rotatable bonds is 2. The van der Waals surface area contributed by atoms with Gasteiger partial charge in [-0.25, -0.2) is 0 Å². The summed E-state index contributed by atoms with van der Waals surface area (Å²) in [5.74, 6) is 0.961. The van der Waals surface area contributed by atoms with E-state index in [1.54, 1.807) is 0 Å². The van der Waals surface area contributed by atoms with Gasteiger partial charge in [-0.2, -0.15) is 5.10 Å². The highest BCUT2D eigenvalue weighted by molar-refractivity contribution is 5.15. The number of aliphatic hydroxyl groups excluding tert-OH is 1. The second-order valence-electron chi connectivity index (χ2n) is 3.86. The van der Waals surface area contributed by atoms with Crippen LogP contribution in [0.3, 0.4) is 0 Å². The van der Waals surface area contributed by atoms with Crippen LogP contribution in [-0.2, 0) is 7.05 Å². The van der Waals surface area contributed by atoms with Crippen LogP contribution in [0.2, 0.25) is 0 Å². The van der Waals surface area contributed by atoms with Crippen LogP contribution in [0.5, 0.6) is 0 Å². The minimum atomic E-state index is -0.0927. The fraction of sp³-hybridized carbons (Fsp3) is 0.700. The third kappa shape index (κ3) is 1.27. The van der Waals surface area contributed by atoms with Crippen molar-refractivity contribution in [1.82, 2.24) is 9.78 Å². The second kappa shape index (κ2) is 3.14. The van der Waals surface area contributed by atoms with Crippen LogP contribution in [0.1, 0.15) is 31.4 Å². The monoisotopic (exact) mass is 180 g/mol. The van der Waals surface area contributed by atoms with E-state index in [4.69, 9.17) is 0 Å². The third-order valence-corrected chi connectivity index (χ3v) is 3.22. The van der Waals surface area contributed by atoms with Crippen LogP contribution in [0.25, 0.3) is 0 Å². The molecule has 1 aliphatic rings. The molecule has 13 heavy (non-hydrogen) atoms. The van der Waals surface area contributed by atoms with Crippen molar-refractivity contribution in [1.29, 1.82) is 0 Å². The normalized spacial score (nSPS) is 33.0. The van der Waals surface area contributed by atoms with Crippen molar-refractivity contribution in [2.75, 3.05) is 0 Å². The molecule has 0 aromatic carbocycles. The van der Waals surface area contributed by atoms with E-state index in [0.717, 1.165) is 12.8 Å². The van der Waals surface area contributed by atoms with Crippen LogP contribution >= 0.6 is 0 Å². The highest BCUT2D eigenvalue weighted by Crippen LogP contribution is 2.44. The smallest absolute Gasteiger partial charge is 0.0581 e. The Kier molecular flexibility index (Phi) is 2.12.